The van der Waals surface area contributed by atoms with E-state index in [1.807, 2.05) is 36.4 Å². The third-order valence-corrected chi connectivity index (χ3v) is 5.40. The lowest BCUT2D eigenvalue weighted by molar-refractivity contribution is -0.115. The summed E-state index contributed by atoms with van der Waals surface area (Å²) in [4.78, 5) is 28.5. The molecule has 0 unspecified atom stereocenters. The molecule has 0 aromatic heterocycles. The predicted octanol–water partition coefficient (Wildman–Crippen LogP) is 4.44. The molecule has 1 aliphatic rings. The van der Waals surface area contributed by atoms with Crippen molar-refractivity contribution in [2.75, 3.05) is 6.61 Å². The van der Waals surface area contributed by atoms with E-state index in [1.165, 1.54) is 23.9 Å². The summed E-state index contributed by atoms with van der Waals surface area (Å²) in [5, 5.41) is 14.2. The molecule has 1 heterocycles. The number of rotatable bonds is 5. The average molecular weight is 428 g/mol. The standard InChI is InChI=1S/C24H16N2O4S/c1-2-12-30-20-11-10-15-6-3-4-9-18(15)19(20)14-21-22(27)26-24(31-21)25-17-8-5-7-16(13-17)23(28)29/h1,3-11,13-14H,12H2,(H,28,29)(H,25,26,27). The molecule has 3 aromatic carbocycles. The van der Waals surface area contributed by atoms with Gasteiger partial charge < -0.3 is 15.2 Å². The molecule has 1 amide bonds. The highest BCUT2D eigenvalue weighted by atomic mass is 32.2. The lowest BCUT2D eigenvalue weighted by Gasteiger charge is -2.10. The quantitative estimate of drug-likeness (QED) is 0.463. The number of amidine groups is 1. The molecule has 0 saturated carbocycles. The van der Waals surface area contributed by atoms with Gasteiger partial charge in [0, 0.05) is 5.56 Å². The first kappa shape index (κ1) is 20.3. The number of aromatic carboxylic acids is 1. The highest BCUT2D eigenvalue weighted by molar-refractivity contribution is 8.18. The molecule has 3 aromatic rings. The van der Waals surface area contributed by atoms with Crippen LogP contribution < -0.4 is 10.1 Å². The van der Waals surface area contributed by atoms with Gasteiger partial charge in [0.2, 0.25) is 0 Å². The van der Waals surface area contributed by atoms with E-state index in [2.05, 4.69) is 16.2 Å². The Morgan fingerprint density at radius 3 is 2.84 bits per heavy atom. The van der Waals surface area contributed by atoms with Crippen molar-refractivity contribution < 1.29 is 19.4 Å². The van der Waals surface area contributed by atoms with E-state index >= 15 is 0 Å². The van der Waals surface area contributed by atoms with Gasteiger partial charge in [-0.25, -0.2) is 9.79 Å². The zero-order valence-electron chi connectivity index (χ0n) is 16.2. The molecule has 1 fully saturated rings. The molecule has 0 bridgehead atoms. The van der Waals surface area contributed by atoms with Gasteiger partial charge in [-0.1, -0.05) is 42.3 Å². The van der Waals surface area contributed by atoms with Crippen molar-refractivity contribution in [1.82, 2.24) is 5.32 Å². The van der Waals surface area contributed by atoms with Crippen molar-refractivity contribution >= 4 is 51.3 Å². The van der Waals surface area contributed by atoms with E-state index in [0.29, 0.717) is 21.5 Å². The number of ether oxygens (including phenoxy) is 1. The Morgan fingerprint density at radius 2 is 2.03 bits per heavy atom. The largest absolute Gasteiger partial charge is 0.480 e. The van der Waals surface area contributed by atoms with Crippen molar-refractivity contribution in [2.45, 2.75) is 0 Å². The van der Waals surface area contributed by atoms with Crippen LogP contribution in [0.15, 0.2) is 70.6 Å². The fraction of sp³-hybridized carbons (Fsp3) is 0.0417. The Hall–Kier alpha value is -4.02. The van der Waals surface area contributed by atoms with Gasteiger partial charge in [-0.15, -0.1) is 6.42 Å². The summed E-state index contributed by atoms with van der Waals surface area (Å²) >= 11 is 1.17. The van der Waals surface area contributed by atoms with Crippen molar-refractivity contribution in [3.63, 3.8) is 0 Å². The summed E-state index contributed by atoms with van der Waals surface area (Å²) in [7, 11) is 0. The lowest BCUT2D eigenvalue weighted by Crippen LogP contribution is -2.19. The summed E-state index contributed by atoms with van der Waals surface area (Å²) in [5.74, 6) is 1.70. The highest BCUT2D eigenvalue weighted by Crippen LogP contribution is 2.34. The van der Waals surface area contributed by atoms with Gasteiger partial charge in [0.25, 0.3) is 5.91 Å². The van der Waals surface area contributed by atoms with Gasteiger partial charge >= 0.3 is 5.97 Å². The molecule has 2 N–H and O–H groups in total. The molecule has 4 rings (SSSR count). The minimum absolute atomic E-state index is 0.112. The van der Waals surface area contributed by atoms with Crippen LogP contribution in [0.1, 0.15) is 15.9 Å². The van der Waals surface area contributed by atoms with Crippen molar-refractivity contribution in [3.8, 4) is 18.1 Å². The fourth-order valence-corrected chi connectivity index (χ4v) is 3.93. The molecule has 1 saturated heterocycles. The van der Waals surface area contributed by atoms with E-state index in [1.54, 1.807) is 18.2 Å². The van der Waals surface area contributed by atoms with E-state index in [0.717, 1.165) is 16.3 Å². The van der Waals surface area contributed by atoms with E-state index in [9.17, 15) is 9.59 Å². The number of nitrogens with one attached hydrogen (secondary N) is 1. The van der Waals surface area contributed by atoms with Crippen LogP contribution in [0.3, 0.4) is 0 Å². The van der Waals surface area contributed by atoms with Crippen LogP contribution in [0.5, 0.6) is 5.75 Å². The van der Waals surface area contributed by atoms with Crippen LogP contribution >= 0.6 is 11.8 Å². The van der Waals surface area contributed by atoms with Gasteiger partial charge in [-0.3, -0.25) is 4.79 Å². The van der Waals surface area contributed by atoms with Crippen LogP contribution in [0.4, 0.5) is 5.69 Å². The van der Waals surface area contributed by atoms with Crippen LogP contribution in [-0.4, -0.2) is 28.8 Å². The second-order valence-electron chi connectivity index (χ2n) is 6.53. The van der Waals surface area contributed by atoms with Gasteiger partial charge in [-0.05, 0) is 52.9 Å². The number of carbonyl (C=O) groups is 2. The number of carbonyl (C=O) groups excluding carboxylic acids is 1. The zero-order chi connectivity index (χ0) is 21.8. The fourth-order valence-electron chi connectivity index (χ4n) is 3.11. The summed E-state index contributed by atoms with van der Waals surface area (Å²) in [6.07, 6.45) is 7.09. The summed E-state index contributed by atoms with van der Waals surface area (Å²) < 4.78 is 5.69. The number of fused-ring (bicyclic) bond motifs is 1. The molecule has 152 valence electrons. The van der Waals surface area contributed by atoms with Crippen LogP contribution in [0, 0.1) is 12.3 Å². The number of hydrogen-bond acceptors (Lipinski definition) is 5. The molecular formula is C24H16N2O4S. The molecule has 31 heavy (non-hydrogen) atoms. The maximum absolute atomic E-state index is 12.6. The number of thioether (sulfide) groups is 1. The van der Waals surface area contributed by atoms with Gasteiger partial charge in [-0.2, -0.15) is 0 Å². The number of hydrogen-bond donors (Lipinski definition) is 2. The number of carboxylic acids is 1. The predicted molar refractivity (Wildman–Crippen MR) is 122 cm³/mol. The number of benzene rings is 3. The van der Waals surface area contributed by atoms with Gasteiger partial charge in [0.05, 0.1) is 16.2 Å². The SMILES string of the molecule is C#CCOc1ccc2ccccc2c1C=C1SC(=Nc2cccc(C(=O)O)c2)NC1=O. The number of carboxylic acid groups (broad SMARTS) is 1. The molecule has 7 heteroatoms. The topological polar surface area (TPSA) is 88.0 Å². The molecule has 0 atom stereocenters. The minimum Gasteiger partial charge on any atom is -0.480 e. The van der Waals surface area contributed by atoms with E-state index in [-0.39, 0.29) is 18.1 Å². The van der Waals surface area contributed by atoms with E-state index in [4.69, 9.17) is 16.3 Å². The molecule has 0 radical (unpaired) electrons. The third kappa shape index (κ3) is 4.44. The first-order valence-electron chi connectivity index (χ1n) is 9.26. The van der Waals surface area contributed by atoms with Gasteiger partial charge in [0.1, 0.15) is 12.4 Å². The number of nitrogens with zero attached hydrogens (tertiary/aromatic N) is 1. The molecule has 6 nitrogen and oxygen atoms in total. The van der Waals surface area contributed by atoms with Gasteiger partial charge in [0.15, 0.2) is 5.17 Å². The van der Waals surface area contributed by atoms with Crippen molar-refractivity contribution in [1.29, 1.82) is 0 Å². The minimum atomic E-state index is -1.04. The monoisotopic (exact) mass is 428 g/mol. The molecular weight excluding hydrogens is 412 g/mol. The Balaban J connectivity index is 1.71. The van der Waals surface area contributed by atoms with Crippen molar-refractivity contribution in [2.24, 2.45) is 4.99 Å². The van der Waals surface area contributed by atoms with Crippen molar-refractivity contribution in [3.05, 3.63) is 76.7 Å². The summed E-state index contributed by atoms with van der Waals surface area (Å²) in [6.45, 7) is 0.112. The number of aliphatic imine (C=N–C) groups is 1. The Labute approximate surface area is 182 Å². The number of terminal acetylenes is 1. The smallest absolute Gasteiger partial charge is 0.335 e. The zero-order valence-corrected chi connectivity index (χ0v) is 17.0. The Bertz CT molecular complexity index is 1300. The number of amides is 1. The molecule has 0 spiro atoms. The molecule has 1 aliphatic heterocycles. The van der Waals surface area contributed by atoms with Crippen LogP contribution in [0.2, 0.25) is 0 Å². The summed E-state index contributed by atoms with van der Waals surface area (Å²) in [6, 6.07) is 17.8. The molecule has 0 aliphatic carbocycles. The Kier molecular flexibility index (Phi) is 5.74. The van der Waals surface area contributed by atoms with E-state index < -0.39 is 5.97 Å². The first-order valence-corrected chi connectivity index (χ1v) is 10.1. The van der Waals surface area contributed by atoms with Crippen LogP contribution in [0.25, 0.3) is 16.8 Å². The second-order valence-corrected chi connectivity index (χ2v) is 7.56. The maximum Gasteiger partial charge on any atom is 0.335 e. The van der Waals surface area contributed by atoms with Crippen LogP contribution in [-0.2, 0) is 4.79 Å². The lowest BCUT2D eigenvalue weighted by atomic mass is 10.0. The second kappa shape index (κ2) is 8.78. The maximum atomic E-state index is 12.6. The first-order chi connectivity index (χ1) is 15.0. The normalized spacial score (nSPS) is 15.8. The summed E-state index contributed by atoms with van der Waals surface area (Å²) in [5.41, 5.74) is 1.31. The third-order valence-electron chi connectivity index (χ3n) is 4.49. The Morgan fingerprint density at radius 1 is 1.19 bits per heavy atom. The highest BCUT2D eigenvalue weighted by Gasteiger charge is 2.25. The average Bonchev–Trinajstić information content (AvgIpc) is 3.11.